The molecule has 0 radical (unpaired) electrons. The van der Waals surface area contributed by atoms with Crippen LogP contribution in [0, 0.1) is 6.92 Å². The highest BCUT2D eigenvalue weighted by Crippen LogP contribution is 2.33. The van der Waals surface area contributed by atoms with Gasteiger partial charge in [0.1, 0.15) is 5.75 Å². The number of thioether (sulfide) groups is 1. The average molecular weight is 464 g/mol. The lowest BCUT2D eigenvalue weighted by Crippen LogP contribution is -2.27. The van der Waals surface area contributed by atoms with E-state index in [9.17, 15) is 14.4 Å². The van der Waals surface area contributed by atoms with Gasteiger partial charge in [-0.3, -0.25) is 14.5 Å². The van der Waals surface area contributed by atoms with E-state index in [1.807, 2.05) is 19.1 Å². The van der Waals surface area contributed by atoms with Crippen LogP contribution in [0.1, 0.15) is 27.0 Å². The zero-order valence-corrected chi connectivity index (χ0v) is 18.7. The fraction of sp³-hybridized carbons (Fsp3) is 0.0800. The fourth-order valence-corrected chi connectivity index (χ4v) is 4.01. The van der Waals surface area contributed by atoms with Gasteiger partial charge < -0.3 is 4.74 Å². The van der Waals surface area contributed by atoms with Crippen molar-refractivity contribution in [3.8, 4) is 5.75 Å². The number of ether oxygens (including phenoxy) is 1. The molecule has 2 amide bonds. The number of carbonyl (C=O) groups is 3. The monoisotopic (exact) mass is 463 g/mol. The molecule has 1 saturated heterocycles. The van der Waals surface area contributed by atoms with Crippen molar-refractivity contribution in [2.75, 3.05) is 0 Å². The number of benzene rings is 3. The van der Waals surface area contributed by atoms with Crippen LogP contribution in [0.15, 0.2) is 77.7 Å². The van der Waals surface area contributed by atoms with Crippen molar-refractivity contribution < 1.29 is 19.1 Å². The molecular weight excluding hydrogens is 446 g/mol. The number of rotatable bonds is 5. The van der Waals surface area contributed by atoms with Crippen LogP contribution in [0.3, 0.4) is 0 Å². The van der Waals surface area contributed by atoms with Gasteiger partial charge in [0.05, 0.1) is 17.0 Å². The summed E-state index contributed by atoms with van der Waals surface area (Å²) < 4.78 is 5.39. The van der Waals surface area contributed by atoms with Crippen LogP contribution < -0.4 is 4.74 Å². The Balaban J connectivity index is 1.42. The normalized spacial score (nSPS) is 14.8. The van der Waals surface area contributed by atoms with Gasteiger partial charge in [-0.25, -0.2) is 4.79 Å². The fourth-order valence-electron chi connectivity index (χ4n) is 3.05. The summed E-state index contributed by atoms with van der Waals surface area (Å²) in [5.74, 6) is -0.394. The second-order valence-corrected chi connectivity index (χ2v) is 8.65. The molecule has 7 heteroatoms. The molecule has 32 heavy (non-hydrogen) atoms. The molecular formula is C25H18ClNO4S. The lowest BCUT2D eigenvalue weighted by Gasteiger charge is -2.12. The number of hydrogen-bond acceptors (Lipinski definition) is 5. The Morgan fingerprint density at radius 1 is 0.969 bits per heavy atom. The maximum atomic E-state index is 12.7. The van der Waals surface area contributed by atoms with Crippen molar-refractivity contribution in [3.05, 3.63) is 105 Å². The molecule has 1 heterocycles. The Morgan fingerprint density at radius 2 is 1.62 bits per heavy atom. The molecule has 0 aromatic heterocycles. The summed E-state index contributed by atoms with van der Waals surface area (Å²) in [7, 11) is 0. The van der Waals surface area contributed by atoms with Gasteiger partial charge in [-0.05, 0) is 72.3 Å². The number of nitrogens with zero attached hydrogens (tertiary/aromatic N) is 1. The van der Waals surface area contributed by atoms with E-state index < -0.39 is 5.97 Å². The highest BCUT2D eigenvalue weighted by atomic mass is 35.5. The van der Waals surface area contributed by atoms with E-state index in [4.69, 9.17) is 16.3 Å². The quantitative estimate of drug-likeness (QED) is 0.260. The first-order valence-electron chi connectivity index (χ1n) is 9.78. The molecule has 4 rings (SSSR count). The topological polar surface area (TPSA) is 63.7 Å². The second kappa shape index (κ2) is 9.42. The van der Waals surface area contributed by atoms with Crippen LogP contribution >= 0.6 is 23.4 Å². The number of imide groups is 1. The van der Waals surface area contributed by atoms with Gasteiger partial charge in [-0.15, -0.1) is 0 Å². The highest BCUT2D eigenvalue weighted by Gasteiger charge is 2.34. The summed E-state index contributed by atoms with van der Waals surface area (Å²) in [5.41, 5.74) is 3.06. The van der Waals surface area contributed by atoms with Crippen LogP contribution in [0.4, 0.5) is 4.79 Å². The lowest BCUT2D eigenvalue weighted by molar-refractivity contribution is -0.123. The number of halogens is 1. The SMILES string of the molecule is Cc1ccc(C(=O)Oc2ccc(/C=C3\SC(=O)N(Cc4ccc(Cl)cc4)C3=O)cc2)cc1. The minimum absolute atomic E-state index is 0.188. The van der Waals surface area contributed by atoms with Crippen molar-refractivity contribution in [1.82, 2.24) is 4.90 Å². The molecule has 0 aliphatic carbocycles. The molecule has 160 valence electrons. The van der Waals surface area contributed by atoms with E-state index in [0.29, 0.717) is 21.2 Å². The first kappa shape index (κ1) is 21.9. The largest absolute Gasteiger partial charge is 0.423 e. The summed E-state index contributed by atoms with van der Waals surface area (Å²) in [5, 5.41) is 0.274. The van der Waals surface area contributed by atoms with Crippen molar-refractivity contribution in [2.45, 2.75) is 13.5 Å². The predicted molar refractivity (Wildman–Crippen MR) is 126 cm³/mol. The number of hydrogen-bond donors (Lipinski definition) is 0. The van der Waals surface area contributed by atoms with E-state index in [0.717, 1.165) is 28.5 Å². The maximum absolute atomic E-state index is 12.7. The van der Waals surface area contributed by atoms with Crippen LogP contribution in [0.2, 0.25) is 5.02 Å². The van der Waals surface area contributed by atoms with E-state index in [1.165, 1.54) is 4.90 Å². The zero-order valence-electron chi connectivity index (χ0n) is 17.1. The third-order valence-electron chi connectivity index (χ3n) is 4.80. The van der Waals surface area contributed by atoms with E-state index in [1.54, 1.807) is 66.7 Å². The minimum atomic E-state index is -0.443. The van der Waals surface area contributed by atoms with Crippen molar-refractivity contribution >= 4 is 46.6 Å². The van der Waals surface area contributed by atoms with E-state index >= 15 is 0 Å². The second-order valence-electron chi connectivity index (χ2n) is 7.22. The summed E-state index contributed by atoms with van der Waals surface area (Å²) in [6, 6.07) is 20.9. The van der Waals surface area contributed by atoms with Gasteiger partial charge in [0.25, 0.3) is 11.1 Å². The van der Waals surface area contributed by atoms with E-state index in [2.05, 4.69) is 0 Å². The molecule has 0 unspecified atom stereocenters. The first-order valence-corrected chi connectivity index (χ1v) is 11.0. The van der Waals surface area contributed by atoms with Crippen molar-refractivity contribution in [3.63, 3.8) is 0 Å². The summed E-state index contributed by atoms with van der Waals surface area (Å²) in [6.07, 6.45) is 1.65. The molecule has 0 bridgehead atoms. The number of amides is 2. The smallest absolute Gasteiger partial charge is 0.343 e. The summed E-state index contributed by atoms with van der Waals surface area (Å²) >= 11 is 6.79. The minimum Gasteiger partial charge on any atom is -0.423 e. The molecule has 1 aliphatic heterocycles. The Morgan fingerprint density at radius 3 is 2.28 bits per heavy atom. The standard InChI is InChI=1S/C25H18ClNO4S/c1-16-2-8-19(9-3-16)24(29)31-21-12-6-17(7-13-21)14-22-23(28)27(25(30)32-22)15-18-4-10-20(26)11-5-18/h2-14H,15H2,1H3/b22-14-. The number of aryl methyl sites for hydroxylation is 1. The third-order valence-corrected chi connectivity index (χ3v) is 5.96. The third kappa shape index (κ3) is 5.10. The van der Waals surface area contributed by atoms with Crippen LogP contribution in [0.5, 0.6) is 5.75 Å². The Bertz CT molecular complexity index is 1200. The first-order chi connectivity index (χ1) is 15.4. The average Bonchev–Trinajstić information content (AvgIpc) is 3.04. The Labute approximate surface area is 194 Å². The lowest BCUT2D eigenvalue weighted by atomic mass is 10.1. The highest BCUT2D eigenvalue weighted by molar-refractivity contribution is 8.18. The molecule has 1 fully saturated rings. The number of esters is 1. The molecule has 1 aliphatic rings. The van der Waals surface area contributed by atoms with Crippen molar-refractivity contribution in [2.24, 2.45) is 0 Å². The molecule has 0 spiro atoms. The Hall–Kier alpha value is -3.35. The van der Waals surface area contributed by atoms with Gasteiger partial charge in [0.15, 0.2) is 0 Å². The van der Waals surface area contributed by atoms with Crippen LogP contribution in [-0.2, 0) is 11.3 Å². The maximum Gasteiger partial charge on any atom is 0.343 e. The molecule has 0 N–H and O–H groups in total. The van der Waals surface area contributed by atoms with Gasteiger partial charge >= 0.3 is 5.97 Å². The molecule has 3 aromatic rings. The van der Waals surface area contributed by atoms with Gasteiger partial charge in [0, 0.05) is 5.02 Å². The van der Waals surface area contributed by atoms with Crippen LogP contribution in [0.25, 0.3) is 6.08 Å². The van der Waals surface area contributed by atoms with Crippen molar-refractivity contribution in [1.29, 1.82) is 0 Å². The number of carbonyl (C=O) groups excluding carboxylic acids is 3. The zero-order chi connectivity index (χ0) is 22.7. The van der Waals surface area contributed by atoms with E-state index in [-0.39, 0.29) is 17.7 Å². The summed E-state index contributed by atoms with van der Waals surface area (Å²) in [6.45, 7) is 2.13. The molecule has 5 nitrogen and oxygen atoms in total. The molecule has 0 atom stereocenters. The van der Waals surface area contributed by atoms with Gasteiger partial charge in [-0.1, -0.05) is 53.6 Å². The molecule has 0 saturated carbocycles. The predicted octanol–water partition coefficient (Wildman–Crippen LogP) is 6.10. The van der Waals surface area contributed by atoms with Crippen LogP contribution in [-0.4, -0.2) is 22.0 Å². The summed E-state index contributed by atoms with van der Waals surface area (Å²) in [4.78, 5) is 38.8. The van der Waals surface area contributed by atoms with Gasteiger partial charge in [-0.2, -0.15) is 0 Å². The Kier molecular flexibility index (Phi) is 6.44. The van der Waals surface area contributed by atoms with Gasteiger partial charge in [0.2, 0.25) is 0 Å². The molecule has 3 aromatic carbocycles.